The zero-order chi connectivity index (χ0) is 21.8. The fourth-order valence-corrected chi connectivity index (χ4v) is 4.44. The van der Waals surface area contributed by atoms with Gasteiger partial charge in [-0.25, -0.2) is 4.79 Å². The third kappa shape index (κ3) is 4.62. The van der Waals surface area contributed by atoms with Crippen molar-refractivity contribution < 1.29 is 19.4 Å². The van der Waals surface area contributed by atoms with Crippen molar-refractivity contribution in [3.05, 3.63) is 59.7 Å². The third-order valence-electron chi connectivity index (χ3n) is 6.45. The Balaban J connectivity index is 1.56. The number of carbonyl (C=O) groups is 1. The number of morpholine rings is 1. The first-order chi connectivity index (χ1) is 15.1. The average molecular weight is 426 g/mol. The van der Waals surface area contributed by atoms with Crippen molar-refractivity contribution in [2.45, 2.75) is 32.5 Å². The van der Waals surface area contributed by atoms with E-state index in [0.29, 0.717) is 13.2 Å². The summed E-state index contributed by atoms with van der Waals surface area (Å²) in [6.45, 7) is 7.43. The van der Waals surface area contributed by atoms with Gasteiger partial charge in [0.15, 0.2) is 0 Å². The topological polar surface area (TPSA) is 74.3 Å². The molecule has 1 fully saturated rings. The maximum absolute atomic E-state index is 12.7. The zero-order valence-electron chi connectivity index (χ0n) is 18.2. The van der Waals surface area contributed by atoms with Gasteiger partial charge >= 0.3 is 6.09 Å². The second-order valence-electron chi connectivity index (χ2n) is 8.24. The van der Waals surface area contributed by atoms with Gasteiger partial charge in [-0.3, -0.25) is 0 Å². The molecule has 166 valence electrons. The van der Waals surface area contributed by atoms with E-state index in [9.17, 15) is 9.90 Å². The minimum atomic E-state index is -0.437. The van der Waals surface area contributed by atoms with Crippen molar-refractivity contribution in [1.29, 1.82) is 0 Å². The lowest BCUT2D eigenvalue weighted by Gasteiger charge is -2.44. The summed E-state index contributed by atoms with van der Waals surface area (Å²) in [5.41, 5.74) is 3.99. The minimum absolute atomic E-state index is 0.0613. The molecule has 7 nitrogen and oxygen atoms in total. The van der Waals surface area contributed by atoms with Crippen LogP contribution in [0.5, 0.6) is 0 Å². The molecule has 31 heavy (non-hydrogen) atoms. The molecule has 0 unspecified atom stereocenters. The Hall–Kier alpha value is -2.77. The van der Waals surface area contributed by atoms with E-state index in [1.54, 1.807) is 0 Å². The van der Waals surface area contributed by atoms with E-state index in [-0.39, 0.29) is 31.3 Å². The average Bonchev–Trinajstić information content (AvgIpc) is 2.82. The number of amides is 1. The number of ether oxygens (including phenoxy) is 2. The zero-order valence-corrected chi connectivity index (χ0v) is 18.2. The van der Waals surface area contributed by atoms with Crippen LogP contribution >= 0.6 is 0 Å². The highest BCUT2D eigenvalue weighted by atomic mass is 16.5. The van der Waals surface area contributed by atoms with Crippen molar-refractivity contribution in [2.75, 3.05) is 42.8 Å². The van der Waals surface area contributed by atoms with Crippen molar-refractivity contribution in [3.63, 3.8) is 0 Å². The van der Waals surface area contributed by atoms with Crippen molar-refractivity contribution in [3.8, 4) is 0 Å². The molecule has 1 saturated heterocycles. The first kappa shape index (κ1) is 21.5. The van der Waals surface area contributed by atoms with Crippen LogP contribution in [0.25, 0.3) is 0 Å². The summed E-state index contributed by atoms with van der Waals surface area (Å²) < 4.78 is 11.0. The first-order valence-corrected chi connectivity index (χ1v) is 10.9. The Morgan fingerprint density at radius 2 is 1.90 bits per heavy atom. The molecular weight excluding hydrogens is 394 g/mol. The number of aliphatic hydroxyl groups is 1. The van der Waals surface area contributed by atoms with Gasteiger partial charge in [-0.2, -0.15) is 0 Å². The van der Waals surface area contributed by atoms with Gasteiger partial charge in [0.2, 0.25) is 0 Å². The highest BCUT2D eigenvalue weighted by Gasteiger charge is 2.37. The van der Waals surface area contributed by atoms with Crippen LogP contribution in [0.15, 0.2) is 48.5 Å². The molecular formula is C24H31N3O4. The van der Waals surface area contributed by atoms with E-state index in [2.05, 4.69) is 36.2 Å². The number of anilines is 2. The molecule has 7 heteroatoms. The Labute approximate surface area is 183 Å². The van der Waals surface area contributed by atoms with Gasteiger partial charge in [0.05, 0.1) is 19.3 Å². The van der Waals surface area contributed by atoms with Crippen LogP contribution in [0, 0.1) is 5.92 Å². The number of nitrogens with zero attached hydrogens (tertiary/aromatic N) is 2. The van der Waals surface area contributed by atoms with E-state index >= 15 is 0 Å². The van der Waals surface area contributed by atoms with E-state index in [0.717, 1.165) is 35.6 Å². The van der Waals surface area contributed by atoms with Crippen LogP contribution in [0.4, 0.5) is 16.2 Å². The summed E-state index contributed by atoms with van der Waals surface area (Å²) in [7, 11) is 0. The molecule has 2 aliphatic rings. The van der Waals surface area contributed by atoms with E-state index in [1.807, 2.05) is 41.3 Å². The highest BCUT2D eigenvalue weighted by molar-refractivity contribution is 5.71. The van der Waals surface area contributed by atoms with Gasteiger partial charge in [0, 0.05) is 42.0 Å². The fourth-order valence-electron chi connectivity index (χ4n) is 4.44. The van der Waals surface area contributed by atoms with Crippen molar-refractivity contribution >= 4 is 17.5 Å². The molecule has 0 radical (unpaired) electrons. The molecule has 1 amide bonds. The number of alkyl carbamates (subject to hydrolysis) is 1. The van der Waals surface area contributed by atoms with Gasteiger partial charge in [-0.15, -0.1) is 0 Å². The summed E-state index contributed by atoms with van der Waals surface area (Å²) in [5, 5.41) is 13.1. The van der Waals surface area contributed by atoms with Gasteiger partial charge in [0.25, 0.3) is 0 Å². The standard InChI is InChI=1S/C24H31N3O4/c1-17-18(2)27(16-28)22-9-8-20(26-10-12-30-13-11-26)14-21(22)23(17)25-24(29)31-15-19-6-4-3-5-7-19/h3-9,14,17-18,23,28H,10-13,15-16H2,1-2H3,(H,25,29)/t17-,18-,23+/m0/s1. The fraction of sp³-hybridized carbons (Fsp3) is 0.458. The molecule has 0 aliphatic carbocycles. The largest absolute Gasteiger partial charge is 0.445 e. The molecule has 2 heterocycles. The van der Waals surface area contributed by atoms with E-state index in [4.69, 9.17) is 9.47 Å². The molecule has 2 aromatic carbocycles. The molecule has 0 spiro atoms. The summed E-state index contributed by atoms with van der Waals surface area (Å²) in [5.74, 6) is 0.0869. The number of hydrogen-bond donors (Lipinski definition) is 2. The molecule has 0 aromatic heterocycles. The minimum Gasteiger partial charge on any atom is -0.445 e. The van der Waals surface area contributed by atoms with Crippen molar-refractivity contribution in [2.24, 2.45) is 5.92 Å². The monoisotopic (exact) mass is 425 g/mol. The summed E-state index contributed by atoms with van der Waals surface area (Å²) in [6.07, 6.45) is -0.437. The Morgan fingerprint density at radius 3 is 2.61 bits per heavy atom. The van der Waals surface area contributed by atoms with Gasteiger partial charge < -0.3 is 29.7 Å². The number of hydrogen-bond acceptors (Lipinski definition) is 6. The first-order valence-electron chi connectivity index (χ1n) is 10.9. The van der Waals surface area contributed by atoms with E-state index < -0.39 is 6.09 Å². The molecule has 2 aliphatic heterocycles. The predicted molar refractivity (Wildman–Crippen MR) is 120 cm³/mol. The molecule has 2 N–H and O–H groups in total. The molecule has 4 rings (SSSR count). The van der Waals surface area contributed by atoms with Crippen LogP contribution in [-0.4, -0.2) is 50.3 Å². The number of fused-ring (bicyclic) bond motifs is 1. The predicted octanol–water partition coefficient (Wildman–Crippen LogP) is 3.29. The maximum atomic E-state index is 12.7. The number of benzene rings is 2. The summed E-state index contributed by atoms with van der Waals surface area (Å²) >= 11 is 0. The third-order valence-corrected chi connectivity index (χ3v) is 6.45. The number of carbonyl (C=O) groups excluding carboxylic acids is 1. The van der Waals surface area contributed by atoms with Crippen LogP contribution in [0.3, 0.4) is 0 Å². The van der Waals surface area contributed by atoms with Crippen LogP contribution in [0.1, 0.15) is 31.0 Å². The normalized spacial score (nSPS) is 23.3. The highest BCUT2D eigenvalue weighted by Crippen LogP contribution is 2.42. The Bertz CT molecular complexity index is 886. The Morgan fingerprint density at radius 1 is 1.16 bits per heavy atom. The quantitative estimate of drug-likeness (QED) is 0.766. The summed E-state index contributed by atoms with van der Waals surface area (Å²) in [6, 6.07) is 15.8. The molecule has 0 bridgehead atoms. The SMILES string of the molecule is C[C@@H]1[C@@H](NC(=O)OCc2ccccc2)c2cc(N3CCOCC3)ccc2N(CO)[C@H]1C. The van der Waals surface area contributed by atoms with Crippen LogP contribution in [0.2, 0.25) is 0 Å². The lowest BCUT2D eigenvalue weighted by Crippen LogP contribution is -2.49. The maximum Gasteiger partial charge on any atom is 0.407 e. The van der Waals surface area contributed by atoms with Gasteiger partial charge in [0.1, 0.15) is 13.3 Å². The molecule has 2 aromatic rings. The Kier molecular flexibility index (Phi) is 6.63. The van der Waals surface area contributed by atoms with Gasteiger partial charge in [-0.05, 0) is 30.7 Å². The lowest BCUT2D eigenvalue weighted by atomic mass is 9.83. The number of nitrogens with one attached hydrogen (secondary N) is 1. The second-order valence-corrected chi connectivity index (χ2v) is 8.24. The lowest BCUT2D eigenvalue weighted by molar-refractivity contribution is 0.122. The number of aliphatic hydroxyl groups excluding tert-OH is 1. The van der Waals surface area contributed by atoms with E-state index in [1.165, 1.54) is 0 Å². The summed E-state index contributed by atoms with van der Waals surface area (Å²) in [4.78, 5) is 16.9. The molecule has 3 atom stereocenters. The van der Waals surface area contributed by atoms with Crippen LogP contribution < -0.4 is 15.1 Å². The van der Waals surface area contributed by atoms with Gasteiger partial charge in [-0.1, -0.05) is 37.3 Å². The van der Waals surface area contributed by atoms with Crippen molar-refractivity contribution in [1.82, 2.24) is 5.32 Å². The smallest absolute Gasteiger partial charge is 0.407 e. The number of rotatable bonds is 5. The van der Waals surface area contributed by atoms with Crippen LogP contribution in [-0.2, 0) is 16.1 Å². The second kappa shape index (κ2) is 9.58. The molecule has 0 saturated carbocycles.